The molecule has 0 aliphatic rings. The van der Waals surface area contributed by atoms with Crippen molar-refractivity contribution in [2.75, 3.05) is 18.5 Å². The minimum Gasteiger partial charge on any atom is -0.491 e. The number of nitro groups is 1. The zero-order valence-corrected chi connectivity index (χ0v) is 14.1. The Balaban J connectivity index is 1.91. The van der Waals surface area contributed by atoms with Gasteiger partial charge in [0, 0.05) is 12.1 Å². The van der Waals surface area contributed by atoms with Gasteiger partial charge in [-0.2, -0.15) is 0 Å². The van der Waals surface area contributed by atoms with Gasteiger partial charge in [-0.3, -0.25) is 14.9 Å². The van der Waals surface area contributed by atoms with Crippen molar-refractivity contribution in [2.45, 2.75) is 13.8 Å². The van der Waals surface area contributed by atoms with E-state index < -0.39 is 4.92 Å². The van der Waals surface area contributed by atoms with E-state index in [9.17, 15) is 14.9 Å². The molecule has 7 nitrogen and oxygen atoms in total. The molecule has 132 valence electrons. The van der Waals surface area contributed by atoms with E-state index in [-0.39, 0.29) is 18.2 Å². The van der Waals surface area contributed by atoms with Crippen LogP contribution in [0.2, 0.25) is 0 Å². The fourth-order valence-corrected chi connectivity index (χ4v) is 1.95. The Morgan fingerprint density at radius 1 is 1.12 bits per heavy atom. The number of nitrogens with zero attached hydrogens (tertiary/aromatic N) is 1. The number of non-ortho nitro benzene ring substituents is 1. The lowest BCUT2D eigenvalue weighted by Crippen LogP contribution is -2.20. The molecule has 0 heterocycles. The molecule has 0 saturated carbocycles. The SMILES string of the molecule is CC(C)COc1ccccc1NC(=O)COc1ccc([N+](=O)[O-])cc1. The molecule has 0 saturated heterocycles. The fraction of sp³-hybridized carbons (Fsp3) is 0.278. The average molecular weight is 344 g/mol. The van der Waals surface area contributed by atoms with E-state index in [0.717, 1.165) is 0 Å². The first-order valence-electron chi connectivity index (χ1n) is 7.84. The van der Waals surface area contributed by atoms with Crippen LogP contribution in [-0.4, -0.2) is 24.0 Å². The fourth-order valence-electron chi connectivity index (χ4n) is 1.95. The molecule has 0 atom stereocenters. The molecule has 0 radical (unpaired) electrons. The van der Waals surface area contributed by atoms with Crippen molar-refractivity contribution in [1.82, 2.24) is 0 Å². The van der Waals surface area contributed by atoms with E-state index in [1.807, 2.05) is 19.9 Å². The van der Waals surface area contributed by atoms with Crippen LogP contribution in [0.15, 0.2) is 48.5 Å². The molecule has 0 fully saturated rings. The molecular formula is C18H20N2O5. The van der Waals surface area contributed by atoms with Crippen molar-refractivity contribution >= 4 is 17.3 Å². The Hall–Kier alpha value is -3.09. The van der Waals surface area contributed by atoms with Crippen LogP contribution < -0.4 is 14.8 Å². The Morgan fingerprint density at radius 3 is 2.44 bits per heavy atom. The number of nitro benzene ring substituents is 1. The highest BCUT2D eigenvalue weighted by Crippen LogP contribution is 2.24. The maximum absolute atomic E-state index is 12.1. The van der Waals surface area contributed by atoms with Gasteiger partial charge in [0.05, 0.1) is 17.2 Å². The van der Waals surface area contributed by atoms with Gasteiger partial charge in [-0.05, 0) is 30.2 Å². The van der Waals surface area contributed by atoms with Gasteiger partial charge in [0.25, 0.3) is 11.6 Å². The van der Waals surface area contributed by atoms with Gasteiger partial charge in [-0.15, -0.1) is 0 Å². The number of para-hydroxylation sites is 2. The normalized spacial score (nSPS) is 10.4. The van der Waals surface area contributed by atoms with Crippen LogP contribution in [0.1, 0.15) is 13.8 Å². The molecule has 25 heavy (non-hydrogen) atoms. The van der Waals surface area contributed by atoms with Gasteiger partial charge in [-0.1, -0.05) is 26.0 Å². The lowest BCUT2D eigenvalue weighted by atomic mass is 10.2. The second-order valence-electron chi connectivity index (χ2n) is 5.79. The van der Waals surface area contributed by atoms with Crippen molar-refractivity contribution in [2.24, 2.45) is 5.92 Å². The van der Waals surface area contributed by atoms with Crippen LogP contribution >= 0.6 is 0 Å². The number of benzene rings is 2. The number of hydrogen-bond donors (Lipinski definition) is 1. The predicted molar refractivity (Wildman–Crippen MR) is 94.0 cm³/mol. The summed E-state index contributed by atoms with van der Waals surface area (Å²) in [6.07, 6.45) is 0. The third-order valence-corrected chi connectivity index (χ3v) is 3.15. The van der Waals surface area contributed by atoms with E-state index in [4.69, 9.17) is 9.47 Å². The van der Waals surface area contributed by atoms with Gasteiger partial charge in [0.2, 0.25) is 0 Å². The van der Waals surface area contributed by atoms with Gasteiger partial charge in [0.15, 0.2) is 6.61 Å². The molecule has 0 aliphatic heterocycles. The van der Waals surface area contributed by atoms with E-state index in [1.165, 1.54) is 24.3 Å². The average Bonchev–Trinajstić information content (AvgIpc) is 2.59. The lowest BCUT2D eigenvalue weighted by molar-refractivity contribution is -0.384. The molecule has 0 unspecified atom stereocenters. The summed E-state index contributed by atoms with van der Waals surface area (Å²) in [5.41, 5.74) is 0.536. The number of nitrogens with one attached hydrogen (secondary N) is 1. The maximum atomic E-state index is 12.1. The third kappa shape index (κ3) is 5.80. The first-order valence-corrected chi connectivity index (χ1v) is 7.84. The summed E-state index contributed by atoms with van der Waals surface area (Å²) >= 11 is 0. The molecular weight excluding hydrogens is 324 g/mol. The highest BCUT2D eigenvalue weighted by molar-refractivity contribution is 5.93. The van der Waals surface area contributed by atoms with Gasteiger partial charge >= 0.3 is 0 Å². The maximum Gasteiger partial charge on any atom is 0.269 e. The van der Waals surface area contributed by atoms with Crippen molar-refractivity contribution in [1.29, 1.82) is 0 Å². The molecule has 7 heteroatoms. The van der Waals surface area contributed by atoms with Gasteiger partial charge < -0.3 is 14.8 Å². The molecule has 0 aromatic heterocycles. The zero-order chi connectivity index (χ0) is 18.2. The van der Waals surface area contributed by atoms with Crippen LogP contribution in [0.5, 0.6) is 11.5 Å². The minimum atomic E-state index is -0.495. The summed E-state index contributed by atoms with van der Waals surface area (Å²) in [5, 5.41) is 13.3. The number of carbonyl (C=O) groups is 1. The number of amides is 1. The third-order valence-electron chi connectivity index (χ3n) is 3.15. The van der Waals surface area contributed by atoms with Gasteiger partial charge in [0.1, 0.15) is 11.5 Å². The lowest BCUT2D eigenvalue weighted by Gasteiger charge is -2.14. The van der Waals surface area contributed by atoms with Crippen LogP contribution in [0.4, 0.5) is 11.4 Å². The Labute approximate surface area is 145 Å². The molecule has 0 aliphatic carbocycles. The Kier molecular flexibility index (Phi) is 6.33. The van der Waals surface area contributed by atoms with Gasteiger partial charge in [-0.25, -0.2) is 0 Å². The van der Waals surface area contributed by atoms with Crippen molar-refractivity contribution in [3.05, 3.63) is 58.6 Å². The van der Waals surface area contributed by atoms with Crippen molar-refractivity contribution in [3.63, 3.8) is 0 Å². The zero-order valence-electron chi connectivity index (χ0n) is 14.1. The molecule has 2 rings (SSSR count). The van der Waals surface area contributed by atoms with Crippen molar-refractivity contribution < 1.29 is 19.2 Å². The van der Waals surface area contributed by atoms with Crippen LogP contribution in [0, 0.1) is 16.0 Å². The monoisotopic (exact) mass is 344 g/mol. The first kappa shape index (κ1) is 18.3. The highest BCUT2D eigenvalue weighted by Gasteiger charge is 2.10. The predicted octanol–water partition coefficient (Wildman–Crippen LogP) is 3.65. The molecule has 0 bridgehead atoms. The van der Waals surface area contributed by atoms with Crippen LogP contribution in [-0.2, 0) is 4.79 Å². The number of anilines is 1. The summed E-state index contributed by atoms with van der Waals surface area (Å²) in [6, 6.07) is 12.7. The Morgan fingerprint density at radius 2 is 1.80 bits per heavy atom. The minimum absolute atomic E-state index is 0.0342. The van der Waals surface area contributed by atoms with Crippen LogP contribution in [0.3, 0.4) is 0 Å². The molecule has 0 spiro atoms. The smallest absolute Gasteiger partial charge is 0.269 e. The summed E-state index contributed by atoms with van der Waals surface area (Å²) in [5.74, 6) is 0.998. The second kappa shape index (κ2) is 8.68. The first-order chi connectivity index (χ1) is 12.0. The van der Waals surface area contributed by atoms with Crippen molar-refractivity contribution in [3.8, 4) is 11.5 Å². The highest BCUT2D eigenvalue weighted by atomic mass is 16.6. The number of hydrogen-bond acceptors (Lipinski definition) is 5. The van der Waals surface area contributed by atoms with E-state index in [2.05, 4.69) is 5.32 Å². The quantitative estimate of drug-likeness (QED) is 0.583. The van der Waals surface area contributed by atoms with E-state index >= 15 is 0 Å². The molecule has 2 aromatic rings. The number of carbonyl (C=O) groups excluding carboxylic acids is 1. The second-order valence-corrected chi connectivity index (χ2v) is 5.79. The molecule has 1 N–H and O–H groups in total. The van der Waals surface area contributed by atoms with Crippen LogP contribution in [0.25, 0.3) is 0 Å². The summed E-state index contributed by atoms with van der Waals surface area (Å²) in [4.78, 5) is 22.2. The molecule has 1 amide bonds. The van der Waals surface area contributed by atoms with E-state index in [0.29, 0.717) is 29.7 Å². The summed E-state index contributed by atoms with van der Waals surface area (Å²) in [6.45, 7) is 4.42. The van der Waals surface area contributed by atoms with E-state index in [1.54, 1.807) is 18.2 Å². The topological polar surface area (TPSA) is 90.7 Å². The number of ether oxygens (including phenoxy) is 2. The number of rotatable bonds is 8. The summed E-state index contributed by atoms with van der Waals surface area (Å²) in [7, 11) is 0. The Bertz CT molecular complexity index is 729. The summed E-state index contributed by atoms with van der Waals surface area (Å²) < 4.78 is 11.0. The molecule has 2 aromatic carbocycles. The largest absolute Gasteiger partial charge is 0.491 e. The standard InChI is InChI=1S/C18H20N2O5/c1-13(2)11-25-17-6-4-3-5-16(17)19-18(21)12-24-15-9-7-14(8-10-15)20(22)23/h3-10,13H,11-12H2,1-2H3,(H,19,21).